The Morgan fingerprint density at radius 1 is 1.18 bits per heavy atom. The predicted octanol–water partition coefficient (Wildman–Crippen LogP) is 5.20. The Bertz CT molecular complexity index is 1040. The van der Waals surface area contributed by atoms with Crippen molar-refractivity contribution < 1.29 is 19.4 Å². The monoisotopic (exact) mass is 436 g/mol. The van der Waals surface area contributed by atoms with E-state index in [2.05, 4.69) is 4.98 Å². The van der Waals surface area contributed by atoms with Crippen LogP contribution in [0.2, 0.25) is 10.0 Å². The zero-order valence-corrected chi connectivity index (χ0v) is 16.9. The van der Waals surface area contributed by atoms with Crippen molar-refractivity contribution in [2.75, 3.05) is 4.90 Å². The first-order valence-electron chi connectivity index (χ1n) is 8.01. The third-order valence-electron chi connectivity index (χ3n) is 3.64. The van der Waals surface area contributed by atoms with Crippen molar-refractivity contribution in [3.05, 3.63) is 69.1 Å². The van der Waals surface area contributed by atoms with Crippen LogP contribution in [0.15, 0.2) is 47.8 Å². The Morgan fingerprint density at radius 2 is 1.93 bits per heavy atom. The molecule has 0 spiro atoms. The second kappa shape index (κ2) is 8.60. The number of thiazole rings is 1. The van der Waals surface area contributed by atoms with Crippen LogP contribution < -0.4 is 4.90 Å². The van der Waals surface area contributed by atoms with Gasteiger partial charge < -0.3 is 9.84 Å². The van der Waals surface area contributed by atoms with Gasteiger partial charge in [-0.15, -0.1) is 11.3 Å². The first kappa shape index (κ1) is 20.1. The van der Waals surface area contributed by atoms with Gasteiger partial charge in [0.15, 0.2) is 5.13 Å². The van der Waals surface area contributed by atoms with Crippen molar-refractivity contribution in [2.24, 2.45) is 0 Å². The van der Waals surface area contributed by atoms with Crippen LogP contribution in [0.3, 0.4) is 0 Å². The lowest BCUT2D eigenvalue weighted by Crippen LogP contribution is -2.22. The van der Waals surface area contributed by atoms with Gasteiger partial charge in [-0.25, -0.2) is 9.78 Å². The van der Waals surface area contributed by atoms with Crippen molar-refractivity contribution >= 4 is 57.2 Å². The van der Waals surface area contributed by atoms with E-state index in [1.54, 1.807) is 29.6 Å². The van der Waals surface area contributed by atoms with Gasteiger partial charge in [0.1, 0.15) is 17.9 Å². The molecule has 1 heterocycles. The molecule has 0 bridgehead atoms. The van der Waals surface area contributed by atoms with Crippen LogP contribution in [-0.4, -0.2) is 22.0 Å². The van der Waals surface area contributed by atoms with Crippen molar-refractivity contribution in [3.8, 4) is 5.75 Å². The van der Waals surface area contributed by atoms with Gasteiger partial charge in [0.2, 0.25) is 5.91 Å². The molecule has 1 aromatic heterocycles. The Labute approximate surface area is 174 Å². The van der Waals surface area contributed by atoms with Crippen molar-refractivity contribution in [2.45, 2.75) is 13.5 Å². The van der Waals surface area contributed by atoms with Crippen molar-refractivity contribution in [1.82, 2.24) is 4.98 Å². The summed E-state index contributed by atoms with van der Waals surface area (Å²) in [5, 5.41) is 12.7. The van der Waals surface area contributed by atoms with Gasteiger partial charge >= 0.3 is 5.97 Å². The fraction of sp³-hybridized carbons (Fsp3) is 0.105. The number of hydrogen-bond acceptors (Lipinski definition) is 6. The molecular formula is C19H14Cl2N2O4S. The number of halogens is 2. The first-order chi connectivity index (χ1) is 13.3. The summed E-state index contributed by atoms with van der Waals surface area (Å²) in [6.45, 7) is 1.31. The van der Waals surface area contributed by atoms with E-state index in [-0.39, 0.29) is 23.8 Å². The zero-order valence-electron chi connectivity index (χ0n) is 14.6. The van der Waals surface area contributed by atoms with Crippen LogP contribution >= 0.6 is 34.5 Å². The number of hydrogen-bond donors (Lipinski definition) is 1. The maximum absolute atomic E-state index is 12.1. The number of nitrogens with zero attached hydrogens (tertiary/aromatic N) is 2. The third kappa shape index (κ3) is 4.62. The van der Waals surface area contributed by atoms with Gasteiger partial charge in [0, 0.05) is 22.3 Å². The summed E-state index contributed by atoms with van der Waals surface area (Å²) in [6, 6.07) is 11.0. The van der Waals surface area contributed by atoms with Crippen molar-refractivity contribution in [3.63, 3.8) is 0 Å². The number of carbonyl (C=O) groups is 2. The molecule has 0 aliphatic heterocycles. The van der Waals surface area contributed by atoms with E-state index in [0.717, 1.165) is 0 Å². The summed E-state index contributed by atoms with van der Waals surface area (Å²) >= 11 is 13.0. The average molecular weight is 437 g/mol. The summed E-state index contributed by atoms with van der Waals surface area (Å²) < 4.78 is 5.19. The number of esters is 1. The van der Waals surface area contributed by atoms with E-state index in [1.807, 2.05) is 0 Å². The number of ether oxygens (including phenoxy) is 1. The van der Waals surface area contributed by atoms with Gasteiger partial charge in [-0.3, -0.25) is 9.69 Å². The summed E-state index contributed by atoms with van der Waals surface area (Å²) in [7, 11) is 0. The zero-order chi connectivity index (χ0) is 20.3. The highest BCUT2D eigenvalue weighted by molar-refractivity contribution is 7.14. The molecule has 0 atom stereocenters. The molecular weight excluding hydrogens is 423 g/mol. The lowest BCUT2D eigenvalue weighted by molar-refractivity contribution is -0.115. The molecule has 0 aliphatic carbocycles. The van der Waals surface area contributed by atoms with E-state index in [9.17, 15) is 14.7 Å². The molecule has 0 unspecified atom stereocenters. The molecule has 2 aromatic carbocycles. The largest absolute Gasteiger partial charge is 0.507 e. The minimum Gasteiger partial charge on any atom is -0.507 e. The highest BCUT2D eigenvalue weighted by Gasteiger charge is 2.19. The maximum atomic E-state index is 12.1. The summed E-state index contributed by atoms with van der Waals surface area (Å²) in [4.78, 5) is 30.0. The Kier molecular flexibility index (Phi) is 6.18. The number of amides is 1. The van der Waals surface area contributed by atoms with E-state index in [1.165, 1.54) is 41.4 Å². The molecule has 0 radical (unpaired) electrons. The molecule has 0 saturated carbocycles. The third-order valence-corrected chi connectivity index (χ3v) is 4.99. The number of phenolic OH excluding ortho intramolecular Hbond substituents is 1. The fourth-order valence-corrected chi connectivity index (χ4v) is 3.62. The van der Waals surface area contributed by atoms with Gasteiger partial charge in [-0.2, -0.15) is 0 Å². The Balaban J connectivity index is 1.74. The topological polar surface area (TPSA) is 79.7 Å². The van der Waals surface area contributed by atoms with Gasteiger partial charge in [-0.1, -0.05) is 29.3 Å². The SMILES string of the molecule is CC(=O)N(c1cccc(Cl)c1)c1nc(COC(=O)c2ccc(Cl)cc2O)cs1. The van der Waals surface area contributed by atoms with Crippen LogP contribution in [-0.2, 0) is 16.1 Å². The second-order valence-corrected chi connectivity index (χ2v) is 7.40. The fourth-order valence-electron chi connectivity index (χ4n) is 2.40. The van der Waals surface area contributed by atoms with E-state index in [4.69, 9.17) is 27.9 Å². The molecule has 1 amide bonds. The molecule has 0 saturated heterocycles. The van der Waals surface area contributed by atoms with Crippen LogP contribution in [0.4, 0.5) is 10.8 Å². The number of aromatic hydroxyl groups is 1. The van der Waals surface area contributed by atoms with E-state index < -0.39 is 5.97 Å². The number of anilines is 2. The minimum atomic E-state index is -0.706. The quantitative estimate of drug-likeness (QED) is 0.556. The Hall–Kier alpha value is -2.61. The van der Waals surface area contributed by atoms with Crippen LogP contribution in [0, 0.1) is 0 Å². The van der Waals surface area contributed by atoms with E-state index in [0.29, 0.717) is 26.6 Å². The van der Waals surface area contributed by atoms with Gasteiger partial charge in [0.25, 0.3) is 0 Å². The summed E-state index contributed by atoms with van der Waals surface area (Å²) in [6.07, 6.45) is 0. The van der Waals surface area contributed by atoms with Crippen LogP contribution in [0.5, 0.6) is 5.75 Å². The van der Waals surface area contributed by atoms with E-state index >= 15 is 0 Å². The molecule has 28 heavy (non-hydrogen) atoms. The second-order valence-electron chi connectivity index (χ2n) is 5.69. The molecule has 144 valence electrons. The molecule has 3 aromatic rings. The molecule has 9 heteroatoms. The lowest BCUT2D eigenvalue weighted by Gasteiger charge is -2.18. The standard InChI is InChI=1S/C19H14Cl2N2O4S/c1-11(24)23(15-4-2-3-12(20)7-15)19-22-14(10-28-19)9-27-18(26)16-6-5-13(21)8-17(16)25/h2-8,10,25H,9H2,1H3. The highest BCUT2D eigenvalue weighted by Crippen LogP contribution is 2.31. The van der Waals surface area contributed by atoms with Crippen LogP contribution in [0.25, 0.3) is 0 Å². The highest BCUT2D eigenvalue weighted by atomic mass is 35.5. The normalized spacial score (nSPS) is 10.5. The minimum absolute atomic E-state index is 0.00384. The first-order valence-corrected chi connectivity index (χ1v) is 9.65. The molecule has 6 nitrogen and oxygen atoms in total. The Morgan fingerprint density at radius 3 is 2.61 bits per heavy atom. The number of phenols is 1. The number of aromatic nitrogens is 1. The maximum Gasteiger partial charge on any atom is 0.342 e. The number of carbonyl (C=O) groups excluding carboxylic acids is 2. The molecule has 3 rings (SSSR count). The molecule has 1 N–H and O–H groups in total. The molecule has 0 fully saturated rings. The lowest BCUT2D eigenvalue weighted by atomic mass is 10.2. The predicted molar refractivity (Wildman–Crippen MR) is 109 cm³/mol. The summed E-state index contributed by atoms with van der Waals surface area (Å²) in [5.74, 6) is -1.20. The average Bonchev–Trinajstić information content (AvgIpc) is 3.08. The van der Waals surface area contributed by atoms with Gasteiger partial charge in [-0.05, 0) is 36.4 Å². The number of benzene rings is 2. The molecule has 0 aliphatic rings. The number of rotatable bonds is 5. The smallest absolute Gasteiger partial charge is 0.342 e. The summed E-state index contributed by atoms with van der Waals surface area (Å²) in [5.41, 5.74) is 1.06. The van der Waals surface area contributed by atoms with Crippen LogP contribution in [0.1, 0.15) is 23.0 Å². The van der Waals surface area contributed by atoms with Gasteiger partial charge in [0.05, 0.1) is 11.4 Å². The van der Waals surface area contributed by atoms with Crippen molar-refractivity contribution in [1.29, 1.82) is 0 Å².